The van der Waals surface area contributed by atoms with Gasteiger partial charge >= 0.3 is 59.1 Å². The summed E-state index contributed by atoms with van der Waals surface area (Å²) < 4.78 is 0. The van der Waals surface area contributed by atoms with E-state index in [2.05, 4.69) is 24.1 Å². The molecule has 0 rings (SSSR count). The molecule has 0 spiro atoms. The van der Waals surface area contributed by atoms with Gasteiger partial charge in [0.1, 0.15) is 0 Å². The Kier molecular flexibility index (Phi) is 22.1. The molecule has 118 valence electrons. The summed E-state index contributed by atoms with van der Waals surface area (Å²) in [5, 5.41) is 23.1. The molecule has 0 aliphatic heterocycles. The molecule has 0 saturated heterocycles. The molecule has 8 heteroatoms. The normalized spacial score (nSPS) is 10.1. The van der Waals surface area contributed by atoms with E-state index in [0.717, 1.165) is 25.7 Å². The van der Waals surface area contributed by atoms with Crippen LogP contribution in [0.2, 0.25) is 0 Å². The summed E-state index contributed by atoms with van der Waals surface area (Å²) >= 11 is 0. The molecule has 1 N–H and O–H groups in total. The van der Waals surface area contributed by atoms with Crippen LogP contribution in [0.5, 0.6) is 0 Å². The van der Waals surface area contributed by atoms with Gasteiger partial charge in [-0.1, -0.05) is 38.5 Å². The van der Waals surface area contributed by atoms with Gasteiger partial charge in [-0.25, -0.2) is 0 Å². The van der Waals surface area contributed by atoms with Crippen molar-refractivity contribution in [2.45, 2.75) is 64.3 Å². The fraction of sp³-hybridized carbons (Fsp3) is 0.667. The molecule has 0 radical (unpaired) electrons. The molecule has 1 atom stereocenters. The van der Waals surface area contributed by atoms with Gasteiger partial charge < -0.3 is 25.1 Å². The third-order valence-electron chi connectivity index (χ3n) is 2.83. The number of hydrogen-bond acceptors (Lipinski definition) is 5. The van der Waals surface area contributed by atoms with Crippen LogP contribution in [0.3, 0.4) is 0 Å². The second-order valence-electron chi connectivity index (χ2n) is 4.72. The van der Waals surface area contributed by atoms with Crippen LogP contribution in [0.25, 0.3) is 0 Å². The Morgan fingerprint density at radius 1 is 1.04 bits per heavy atom. The number of carbonyl (C=O) groups is 3. The van der Waals surface area contributed by atoms with Crippen molar-refractivity contribution >= 4 is 17.8 Å². The fourth-order valence-corrected chi connectivity index (χ4v) is 1.67. The first-order valence-electron chi connectivity index (χ1n) is 7.17. The Labute approximate surface area is 181 Å². The first kappa shape index (κ1) is 27.8. The number of amides is 1. The van der Waals surface area contributed by atoms with E-state index in [0.29, 0.717) is 6.42 Å². The second-order valence-corrected chi connectivity index (χ2v) is 4.72. The molecule has 23 heavy (non-hydrogen) atoms. The van der Waals surface area contributed by atoms with Gasteiger partial charge in [-0.3, -0.25) is 4.79 Å². The summed E-state index contributed by atoms with van der Waals surface area (Å²) in [5.41, 5.74) is 0. The molecule has 6 nitrogen and oxygen atoms in total. The van der Waals surface area contributed by atoms with E-state index in [-0.39, 0.29) is 65.5 Å². The van der Waals surface area contributed by atoms with Crippen LogP contribution >= 0.6 is 0 Å². The monoisotopic (exact) mass is 341 g/mol. The summed E-state index contributed by atoms with van der Waals surface area (Å²) in [4.78, 5) is 32.4. The van der Waals surface area contributed by atoms with Gasteiger partial charge in [0.05, 0.1) is 12.0 Å². The van der Waals surface area contributed by atoms with Crippen LogP contribution < -0.4 is 74.6 Å². The van der Waals surface area contributed by atoms with E-state index in [1.807, 2.05) is 0 Å². The molecule has 0 aliphatic carbocycles. The number of nitrogens with one attached hydrogen (secondary N) is 1. The molecule has 0 aromatic carbocycles. The zero-order valence-electron chi connectivity index (χ0n) is 14.3. The van der Waals surface area contributed by atoms with E-state index < -0.39 is 30.3 Å². The van der Waals surface area contributed by atoms with Crippen LogP contribution in [-0.4, -0.2) is 23.9 Å². The van der Waals surface area contributed by atoms with Gasteiger partial charge in [0.15, 0.2) is 0 Å². The maximum Gasteiger partial charge on any atom is 1.00 e. The van der Waals surface area contributed by atoms with Gasteiger partial charge in [0, 0.05) is 12.4 Å². The molecule has 0 aliphatic rings. The van der Waals surface area contributed by atoms with Crippen molar-refractivity contribution in [2.24, 2.45) is 0 Å². The number of carbonyl (C=O) groups excluding carboxylic acids is 3. The van der Waals surface area contributed by atoms with Crippen molar-refractivity contribution in [1.29, 1.82) is 0 Å². The number of hydrogen-bond donors (Lipinski definition) is 1. The predicted molar refractivity (Wildman–Crippen MR) is 72.3 cm³/mol. The third-order valence-corrected chi connectivity index (χ3v) is 2.83. The Bertz CT molecular complexity index is 418. The number of aliphatic carboxylic acids is 2. The summed E-state index contributed by atoms with van der Waals surface area (Å²) in [5.74, 6) is 1.30. The van der Waals surface area contributed by atoms with Crippen LogP contribution in [-0.2, 0) is 14.4 Å². The number of carboxylic acids is 2. The largest absolute Gasteiger partial charge is 1.00 e. The summed E-state index contributed by atoms with van der Waals surface area (Å²) in [6.45, 7) is 2.12. The van der Waals surface area contributed by atoms with Crippen molar-refractivity contribution in [3.8, 4) is 11.8 Å². The van der Waals surface area contributed by atoms with Crippen LogP contribution in [0.1, 0.15) is 58.3 Å². The van der Waals surface area contributed by atoms with Crippen LogP contribution in [0, 0.1) is 11.8 Å². The average molecular weight is 341 g/mol. The Hall–Kier alpha value is -0.0300. The fourth-order valence-electron chi connectivity index (χ4n) is 1.67. The number of unbranched alkanes of at least 4 members (excludes halogenated alkanes) is 5. The zero-order chi connectivity index (χ0) is 16.1. The van der Waals surface area contributed by atoms with Crippen molar-refractivity contribution in [1.82, 2.24) is 5.32 Å². The number of rotatable bonds is 10. The molecule has 0 fully saturated rings. The average Bonchev–Trinajstić information content (AvgIpc) is 2.41. The summed E-state index contributed by atoms with van der Waals surface area (Å²) in [6, 6.07) is -1.37. The molecule has 0 bridgehead atoms. The van der Waals surface area contributed by atoms with Crippen molar-refractivity contribution in [2.75, 3.05) is 0 Å². The maximum atomic E-state index is 11.4. The third kappa shape index (κ3) is 18.2. The SMILES string of the molecule is CCCCCCCC#CC(=O)N[C@@H](CCC(=O)[O-])C(=O)[O-].[Na+].[Na+]. The Balaban J connectivity index is -0.00000200. The molecular weight excluding hydrogens is 320 g/mol. The smallest absolute Gasteiger partial charge is 0.550 e. The van der Waals surface area contributed by atoms with Gasteiger partial charge in [0.25, 0.3) is 5.91 Å². The van der Waals surface area contributed by atoms with Gasteiger partial charge in [0.2, 0.25) is 0 Å². The van der Waals surface area contributed by atoms with Gasteiger partial charge in [-0.2, -0.15) is 0 Å². The minimum absolute atomic E-state index is 0. The first-order chi connectivity index (χ1) is 9.97. The van der Waals surface area contributed by atoms with E-state index in [9.17, 15) is 24.6 Å². The van der Waals surface area contributed by atoms with Crippen molar-refractivity contribution in [3.05, 3.63) is 0 Å². The van der Waals surface area contributed by atoms with E-state index in [1.165, 1.54) is 6.42 Å². The van der Waals surface area contributed by atoms with Crippen LogP contribution in [0.4, 0.5) is 0 Å². The second kappa shape index (κ2) is 18.3. The molecular formula is C15H21NNa2O5. The number of carboxylic acid groups (broad SMARTS) is 2. The Morgan fingerprint density at radius 3 is 2.17 bits per heavy atom. The minimum Gasteiger partial charge on any atom is -0.550 e. The molecule has 0 aromatic heterocycles. The van der Waals surface area contributed by atoms with E-state index in [1.54, 1.807) is 0 Å². The molecule has 1 amide bonds. The van der Waals surface area contributed by atoms with Crippen molar-refractivity contribution < 1.29 is 83.7 Å². The topological polar surface area (TPSA) is 109 Å². The quantitative estimate of drug-likeness (QED) is 0.241. The molecule has 0 heterocycles. The van der Waals surface area contributed by atoms with Gasteiger partial charge in [-0.15, -0.1) is 0 Å². The molecule has 0 unspecified atom stereocenters. The standard InChI is InChI=1S/C15H23NO5.2Na/c1-2-3-4-5-6-7-8-9-13(17)16-12(15(20)21)10-11-14(18)19;;/h12H,2-7,10-11H2,1H3,(H,16,17)(H,18,19)(H,20,21);;/q;2*+1/p-2/t12-;;/m0../s1. The minimum atomic E-state index is -1.54. The van der Waals surface area contributed by atoms with Crippen LogP contribution in [0.15, 0.2) is 0 Å². The van der Waals surface area contributed by atoms with E-state index in [4.69, 9.17) is 0 Å². The van der Waals surface area contributed by atoms with E-state index >= 15 is 0 Å². The predicted octanol–water partition coefficient (Wildman–Crippen LogP) is -6.88. The van der Waals surface area contributed by atoms with Crippen molar-refractivity contribution in [3.63, 3.8) is 0 Å². The first-order valence-corrected chi connectivity index (χ1v) is 7.17. The maximum absolute atomic E-state index is 11.4. The molecule has 0 saturated carbocycles. The molecule has 0 aromatic rings. The summed E-state index contributed by atoms with van der Waals surface area (Å²) in [6.07, 6.45) is 5.25. The zero-order valence-corrected chi connectivity index (χ0v) is 18.3. The Morgan fingerprint density at radius 2 is 1.65 bits per heavy atom. The summed E-state index contributed by atoms with van der Waals surface area (Å²) in [7, 11) is 0. The van der Waals surface area contributed by atoms with Gasteiger partial charge in [-0.05, 0) is 25.2 Å².